The van der Waals surface area contributed by atoms with Crippen molar-refractivity contribution in [2.75, 3.05) is 33.9 Å². The van der Waals surface area contributed by atoms with E-state index in [2.05, 4.69) is 27.5 Å². The van der Waals surface area contributed by atoms with Gasteiger partial charge in [-0.25, -0.2) is 0 Å². The fourth-order valence-electron chi connectivity index (χ4n) is 1.54. The highest BCUT2D eigenvalue weighted by atomic mass is 127. The van der Waals surface area contributed by atoms with E-state index in [4.69, 9.17) is 4.74 Å². The van der Waals surface area contributed by atoms with E-state index < -0.39 is 11.7 Å². The number of alkyl halides is 3. The molecule has 2 N–H and O–H groups in total. The highest BCUT2D eigenvalue weighted by Crippen LogP contribution is 2.29. The predicted molar refractivity (Wildman–Crippen MR) is 95.0 cm³/mol. The summed E-state index contributed by atoms with van der Waals surface area (Å²) in [7, 11) is 3.21. The van der Waals surface area contributed by atoms with Crippen LogP contribution in [0, 0.1) is 11.8 Å². The van der Waals surface area contributed by atoms with E-state index in [0.717, 1.165) is 12.1 Å². The number of aliphatic imine (C=N–C) groups is 1. The van der Waals surface area contributed by atoms with E-state index in [9.17, 15) is 13.2 Å². The quantitative estimate of drug-likeness (QED) is 0.248. The topological polar surface area (TPSA) is 45.7 Å². The van der Waals surface area contributed by atoms with Crippen molar-refractivity contribution in [2.45, 2.75) is 6.18 Å². The number of methoxy groups -OCH3 is 1. The second-order valence-electron chi connectivity index (χ2n) is 4.23. The molecule has 0 unspecified atom stereocenters. The third kappa shape index (κ3) is 8.66. The van der Waals surface area contributed by atoms with Gasteiger partial charge < -0.3 is 15.4 Å². The van der Waals surface area contributed by atoms with E-state index in [0.29, 0.717) is 24.7 Å². The highest BCUT2D eigenvalue weighted by Gasteiger charge is 2.30. The van der Waals surface area contributed by atoms with Crippen LogP contribution in [-0.4, -0.2) is 39.8 Å². The number of benzene rings is 1. The summed E-state index contributed by atoms with van der Waals surface area (Å²) in [6, 6.07) is 4.92. The number of nitrogens with one attached hydrogen (secondary N) is 2. The Hall–Kier alpha value is -1.47. The van der Waals surface area contributed by atoms with Gasteiger partial charge in [0.05, 0.1) is 18.7 Å². The molecular formula is C15H19F3IN3O. The van der Waals surface area contributed by atoms with Gasteiger partial charge in [0.15, 0.2) is 5.96 Å². The van der Waals surface area contributed by atoms with E-state index >= 15 is 0 Å². The van der Waals surface area contributed by atoms with Crippen molar-refractivity contribution in [1.29, 1.82) is 0 Å². The molecule has 0 aliphatic rings. The lowest BCUT2D eigenvalue weighted by Gasteiger charge is -2.08. The number of guanidine groups is 1. The van der Waals surface area contributed by atoms with Gasteiger partial charge in [0.2, 0.25) is 0 Å². The molecule has 23 heavy (non-hydrogen) atoms. The van der Waals surface area contributed by atoms with Crippen LogP contribution in [0.5, 0.6) is 0 Å². The molecule has 0 saturated carbocycles. The summed E-state index contributed by atoms with van der Waals surface area (Å²) in [6.07, 6.45) is -4.36. The summed E-state index contributed by atoms with van der Waals surface area (Å²) in [5.41, 5.74) is -0.386. The maximum atomic E-state index is 12.6. The fourth-order valence-corrected chi connectivity index (χ4v) is 1.54. The molecule has 0 aliphatic carbocycles. The van der Waals surface area contributed by atoms with Crippen LogP contribution in [0.4, 0.5) is 13.2 Å². The summed E-state index contributed by atoms with van der Waals surface area (Å²) < 4.78 is 42.6. The maximum absolute atomic E-state index is 12.6. The van der Waals surface area contributed by atoms with Crippen LogP contribution in [0.25, 0.3) is 0 Å². The van der Waals surface area contributed by atoms with Crippen LogP contribution in [0.1, 0.15) is 11.1 Å². The number of halogens is 4. The first kappa shape index (κ1) is 21.5. The number of nitrogens with zero attached hydrogens (tertiary/aromatic N) is 1. The maximum Gasteiger partial charge on any atom is 0.416 e. The minimum atomic E-state index is -4.36. The molecule has 8 heteroatoms. The van der Waals surface area contributed by atoms with Gasteiger partial charge >= 0.3 is 6.18 Å². The van der Waals surface area contributed by atoms with Crippen LogP contribution in [0.15, 0.2) is 29.3 Å². The first-order valence-corrected chi connectivity index (χ1v) is 6.57. The van der Waals surface area contributed by atoms with Crippen molar-refractivity contribution in [1.82, 2.24) is 10.6 Å². The standard InChI is InChI=1S/C15H18F3N3O.HI/c1-19-14(21-9-10-22-2)20-8-4-6-12-5-3-7-13(11-12)15(16,17)18;/h3,5,7,11H,8-10H2,1-2H3,(H2,19,20,21);1H. The average Bonchev–Trinajstić information content (AvgIpc) is 2.49. The van der Waals surface area contributed by atoms with Gasteiger partial charge in [0.1, 0.15) is 0 Å². The van der Waals surface area contributed by atoms with Crippen molar-refractivity contribution < 1.29 is 17.9 Å². The van der Waals surface area contributed by atoms with Gasteiger partial charge in [-0.15, -0.1) is 24.0 Å². The number of ether oxygens (including phenoxy) is 1. The third-order valence-corrected chi connectivity index (χ3v) is 2.59. The van der Waals surface area contributed by atoms with Gasteiger partial charge in [0, 0.05) is 26.3 Å². The Morgan fingerprint density at radius 2 is 2.04 bits per heavy atom. The minimum Gasteiger partial charge on any atom is -0.383 e. The molecule has 0 spiro atoms. The monoisotopic (exact) mass is 441 g/mol. The summed E-state index contributed by atoms with van der Waals surface area (Å²) in [5.74, 6) is 5.99. The Morgan fingerprint density at radius 1 is 1.30 bits per heavy atom. The average molecular weight is 441 g/mol. The first-order valence-electron chi connectivity index (χ1n) is 6.57. The molecule has 0 heterocycles. The van der Waals surface area contributed by atoms with Crippen molar-refractivity contribution >= 4 is 29.9 Å². The van der Waals surface area contributed by atoms with Crippen LogP contribution in [0.2, 0.25) is 0 Å². The summed E-state index contributed by atoms with van der Waals surface area (Å²) in [6.45, 7) is 1.40. The lowest BCUT2D eigenvalue weighted by atomic mass is 10.1. The van der Waals surface area contributed by atoms with Crippen molar-refractivity contribution in [3.05, 3.63) is 35.4 Å². The smallest absolute Gasteiger partial charge is 0.383 e. The first-order chi connectivity index (χ1) is 10.5. The SMILES string of the molecule is CN=C(NCC#Cc1cccc(C(F)(F)F)c1)NCCOC.I. The molecule has 128 valence electrons. The number of hydrogen-bond acceptors (Lipinski definition) is 2. The van der Waals surface area contributed by atoms with E-state index in [1.807, 2.05) is 0 Å². The Balaban J connectivity index is 0.00000484. The van der Waals surface area contributed by atoms with E-state index in [-0.39, 0.29) is 30.5 Å². The van der Waals surface area contributed by atoms with Gasteiger partial charge in [0.25, 0.3) is 0 Å². The van der Waals surface area contributed by atoms with Gasteiger partial charge in [-0.05, 0) is 18.2 Å². The Morgan fingerprint density at radius 3 is 2.65 bits per heavy atom. The van der Waals surface area contributed by atoms with Crippen molar-refractivity contribution in [3.63, 3.8) is 0 Å². The zero-order valence-electron chi connectivity index (χ0n) is 12.8. The third-order valence-electron chi connectivity index (χ3n) is 2.59. The molecule has 0 atom stereocenters. The summed E-state index contributed by atoms with van der Waals surface area (Å²) in [5, 5.41) is 5.93. The minimum absolute atomic E-state index is 0. The Labute approximate surface area is 150 Å². The zero-order valence-corrected chi connectivity index (χ0v) is 15.2. The molecule has 4 nitrogen and oxygen atoms in total. The molecule has 0 aromatic heterocycles. The van der Waals surface area contributed by atoms with Gasteiger partial charge in [-0.1, -0.05) is 17.9 Å². The lowest BCUT2D eigenvalue weighted by Crippen LogP contribution is -2.38. The lowest BCUT2D eigenvalue weighted by molar-refractivity contribution is -0.137. The van der Waals surface area contributed by atoms with E-state index in [1.54, 1.807) is 14.2 Å². The molecular weight excluding hydrogens is 422 g/mol. The predicted octanol–water partition coefficient (Wildman–Crippen LogP) is 2.49. The summed E-state index contributed by atoms with van der Waals surface area (Å²) >= 11 is 0. The van der Waals surface area contributed by atoms with Crippen LogP contribution >= 0.6 is 24.0 Å². The highest BCUT2D eigenvalue weighted by molar-refractivity contribution is 14.0. The molecule has 0 bridgehead atoms. The molecule has 0 saturated heterocycles. The molecule has 0 aliphatic heterocycles. The fraction of sp³-hybridized carbons (Fsp3) is 0.400. The van der Waals surface area contributed by atoms with Crippen molar-refractivity contribution in [2.24, 2.45) is 4.99 Å². The van der Waals surface area contributed by atoms with Gasteiger partial charge in [-0.2, -0.15) is 13.2 Å². The second-order valence-corrected chi connectivity index (χ2v) is 4.23. The summed E-state index contributed by atoms with van der Waals surface area (Å²) in [4.78, 5) is 3.97. The van der Waals surface area contributed by atoms with Crippen LogP contribution in [0.3, 0.4) is 0 Å². The molecule has 0 fully saturated rings. The Bertz CT molecular complexity index is 565. The zero-order chi connectivity index (χ0) is 16.4. The molecule has 1 aromatic rings. The van der Waals surface area contributed by atoms with Crippen molar-refractivity contribution in [3.8, 4) is 11.8 Å². The van der Waals surface area contributed by atoms with Crippen LogP contribution in [-0.2, 0) is 10.9 Å². The largest absolute Gasteiger partial charge is 0.416 e. The number of hydrogen-bond donors (Lipinski definition) is 2. The normalized spacial score (nSPS) is 11.1. The molecule has 1 rings (SSSR count). The number of rotatable bonds is 4. The molecule has 0 radical (unpaired) electrons. The van der Waals surface area contributed by atoms with E-state index in [1.165, 1.54) is 12.1 Å². The van der Waals surface area contributed by atoms with Crippen LogP contribution < -0.4 is 10.6 Å². The second kappa shape index (κ2) is 11.1. The molecule has 1 aromatic carbocycles. The Kier molecular flexibility index (Phi) is 10.4. The van der Waals surface area contributed by atoms with Gasteiger partial charge in [-0.3, -0.25) is 4.99 Å². The molecule has 0 amide bonds.